The third-order valence-electron chi connectivity index (χ3n) is 3.03. The van der Waals surface area contributed by atoms with Gasteiger partial charge in [-0.05, 0) is 30.3 Å². The Balaban J connectivity index is 2.47. The number of sulfonamides is 1. The Kier molecular flexibility index (Phi) is 4.43. The quantitative estimate of drug-likeness (QED) is 0.839. The topological polar surface area (TPSA) is 72.6 Å². The summed E-state index contributed by atoms with van der Waals surface area (Å²) in [7, 11) is -0.727. The van der Waals surface area contributed by atoms with E-state index >= 15 is 0 Å². The van der Waals surface area contributed by atoms with Gasteiger partial charge in [-0.2, -0.15) is 0 Å². The number of nitrogen functional groups attached to an aromatic ring is 1. The van der Waals surface area contributed by atoms with Gasteiger partial charge in [-0.25, -0.2) is 8.42 Å². The van der Waals surface area contributed by atoms with Crippen LogP contribution in [0.25, 0.3) is 0 Å². The zero-order valence-corrected chi connectivity index (χ0v) is 14.0. The van der Waals surface area contributed by atoms with Crippen molar-refractivity contribution in [2.75, 3.05) is 24.2 Å². The molecular weight excluding hydrogens is 356 g/mol. The zero-order chi connectivity index (χ0) is 15.6. The minimum atomic E-state index is -3.73. The molecule has 0 spiro atoms. The lowest BCUT2D eigenvalue weighted by molar-refractivity contribution is 0.415. The van der Waals surface area contributed by atoms with Gasteiger partial charge in [0, 0.05) is 17.6 Å². The number of nitrogens with zero attached hydrogens (tertiary/aromatic N) is 1. The van der Waals surface area contributed by atoms with Crippen molar-refractivity contribution in [3.8, 4) is 5.75 Å². The second-order valence-electron chi connectivity index (χ2n) is 4.36. The highest BCUT2D eigenvalue weighted by atomic mass is 79.9. The predicted octanol–water partition coefficient (Wildman–Crippen LogP) is 2.87. The van der Waals surface area contributed by atoms with Crippen molar-refractivity contribution < 1.29 is 13.2 Å². The summed E-state index contributed by atoms with van der Waals surface area (Å²) in [6.45, 7) is 0. The average Bonchev–Trinajstić information content (AvgIpc) is 2.46. The number of anilines is 2. The van der Waals surface area contributed by atoms with Gasteiger partial charge in [0.1, 0.15) is 10.6 Å². The molecule has 112 valence electrons. The van der Waals surface area contributed by atoms with Crippen molar-refractivity contribution >= 4 is 37.3 Å². The first-order valence-electron chi connectivity index (χ1n) is 6.04. The summed E-state index contributed by atoms with van der Waals surface area (Å²) in [5.74, 6) is 0.582. The molecule has 0 amide bonds. The van der Waals surface area contributed by atoms with Crippen LogP contribution in [0.2, 0.25) is 0 Å². The van der Waals surface area contributed by atoms with Gasteiger partial charge in [-0.3, -0.25) is 4.31 Å². The van der Waals surface area contributed by atoms with Crippen LogP contribution >= 0.6 is 15.9 Å². The summed E-state index contributed by atoms with van der Waals surface area (Å²) in [4.78, 5) is 0.0658. The number of nitrogens with two attached hydrogens (primary N) is 1. The lowest BCUT2D eigenvalue weighted by Crippen LogP contribution is -2.27. The van der Waals surface area contributed by atoms with Crippen molar-refractivity contribution in [3.63, 3.8) is 0 Å². The molecule has 0 fully saturated rings. The predicted molar refractivity (Wildman–Crippen MR) is 87.1 cm³/mol. The number of rotatable bonds is 4. The lowest BCUT2D eigenvalue weighted by atomic mass is 10.3. The second-order valence-corrected chi connectivity index (χ2v) is 7.21. The van der Waals surface area contributed by atoms with Crippen LogP contribution in [0.4, 0.5) is 11.4 Å². The second kappa shape index (κ2) is 5.95. The number of benzene rings is 2. The van der Waals surface area contributed by atoms with Crippen LogP contribution in [0.15, 0.2) is 51.8 Å². The van der Waals surface area contributed by atoms with Crippen LogP contribution in [0.1, 0.15) is 0 Å². The van der Waals surface area contributed by atoms with Crippen molar-refractivity contribution in [3.05, 3.63) is 46.9 Å². The van der Waals surface area contributed by atoms with Crippen molar-refractivity contribution in [1.82, 2.24) is 0 Å². The number of hydrogen-bond acceptors (Lipinski definition) is 4. The lowest BCUT2D eigenvalue weighted by Gasteiger charge is -2.21. The molecule has 2 rings (SSSR count). The van der Waals surface area contributed by atoms with E-state index in [0.29, 0.717) is 11.4 Å². The molecule has 0 saturated carbocycles. The standard InChI is InChI=1S/C14H15BrN2O3S/c1-17(11-4-3-5-12(9-11)20-2)21(18,19)14-7-6-10(15)8-13(14)16/h3-9H,16H2,1-2H3. The maximum atomic E-state index is 12.7. The first kappa shape index (κ1) is 15.7. The van der Waals surface area contributed by atoms with Gasteiger partial charge >= 0.3 is 0 Å². The van der Waals surface area contributed by atoms with Crippen LogP contribution < -0.4 is 14.8 Å². The Bertz CT molecular complexity index is 763. The molecule has 0 aliphatic rings. The summed E-state index contributed by atoms with van der Waals surface area (Å²) >= 11 is 3.26. The molecule has 0 aliphatic heterocycles. The molecule has 5 nitrogen and oxygen atoms in total. The van der Waals surface area contributed by atoms with Crippen molar-refractivity contribution in [2.24, 2.45) is 0 Å². The average molecular weight is 371 g/mol. The van der Waals surface area contributed by atoms with E-state index in [1.165, 1.54) is 24.5 Å². The maximum Gasteiger partial charge on any atom is 0.266 e. The first-order chi connectivity index (χ1) is 9.86. The number of halogens is 1. The zero-order valence-electron chi connectivity index (χ0n) is 11.6. The molecule has 7 heteroatoms. The van der Waals surface area contributed by atoms with E-state index in [4.69, 9.17) is 10.5 Å². The van der Waals surface area contributed by atoms with Gasteiger partial charge in [0.25, 0.3) is 10.0 Å². The Morgan fingerprint density at radius 3 is 2.52 bits per heavy atom. The van der Waals surface area contributed by atoms with Crippen LogP contribution in [0.3, 0.4) is 0 Å². The van der Waals surface area contributed by atoms with Crippen molar-refractivity contribution in [1.29, 1.82) is 0 Å². The molecule has 2 aromatic carbocycles. The van der Waals surface area contributed by atoms with E-state index in [2.05, 4.69) is 15.9 Å². The fourth-order valence-electron chi connectivity index (χ4n) is 1.85. The summed E-state index contributed by atoms with van der Waals surface area (Å²) in [6, 6.07) is 11.5. The SMILES string of the molecule is COc1cccc(N(C)S(=O)(=O)c2ccc(Br)cc2N)c1. The van der Waals surface area contributed by atoms with E-state index in [-0.39, 0.29) is 10.6 Å². The van der Waals surface area contributed by atoms with Gasteiger partial charge in [-0.15, -0.1) is 0 Å². The van der Waals surface area contributed by atoms with Gasteiger partial charge in [0.15, 0.2) is 0 Å². The molecule has 0 unspecified atom stereocenters. The Labute approximate surface area is 132 Å². The molecule has 2 N–H and O–H groups in total. The Morgan fingerprint density at radius 1 is 1.19 bits per heavy atom. The van der Waals surface area contributed by atoms with E-state index in [9.17, 15) is 8.42 Å². The molecule has 0 radical (unpaired) electrons. The number of methoxy groups -OCH3 is 1. The monoisotopic (exact) mass is 370 g/mol. The highest BCUT2D eigenvalue weighted by Gasteiger charge is 2.24. The molecular formula is C14H15BrN2O3S. The molecule has 0 atom stereocenters. The minimum absolute atomic E-state index is 0.0658. The summed E-state index contributed by atoms with van der Waals surface area (Å²) in [5, 5.41) is 0. The molecule has 0 aliphatic carbocycles. The highest BCUT2D eigenvalue weighted by molar-refractivity contribution is 9.10. The van der Waals surface area contributed by atoms with Gasteiger partial charge in [0.05, 0.1) is 18.5 Å². The molecule has 0 saturated heterocycles. The van der Waals surface area contributed by atoms with E-state index in [1.807, 2.05) is 0 Å². The summed E-state index contributed by atoms with van der Waals surface area (Å²) in [5.41, 5.74) is 6.51. The van der Waals surface area contributed by atoms with Crippen LogP contribution in [-0.2, 0) is 10.0 Å². The van der Waals surface area contributed by atoms with Gasteiger partial charge in [-0.1, -0.05) is 22.0 Å². The highest BCUT2D eigenvalue weighted by Crippen LogP contribution is 2.29. The summed E-state index contributed by atoms with van der Waals surface area (Å²) in [6.07, 6.45) is 0. The molecule has 0 heterocycles. The van der Waals surface area contributed by atoms with Crippen LogP contribution in [0.5, 0.6) is 5.75 Å². The smallest absolute Gasteiger partial charge is 0.266 e. The van der Waals surface area contributed by atoms with E-state index in [0.717, 1.165) is 4.47 Å². The first-order valence-corrected chi connectivity index (χ1v) is 8.27. The fraction of sp³-hybridized carbons (Fsp3) is 0.143. The normalized spacial score (nSPS) is 11.2. The number of ether oxygens (including phenoxy) is 1. The fourth-order valence-corrected chi connectivity index (χ4v) is 3.51. The Hall–Kier alpha value is -1.73. The maximum absolute atomic E-state index is 12.7. The van der Waals surface area contributed by atoms with E-state index < -0.39 is 10.0 Å². The largest absolute Gasteiger partial charge is 0.497 e. The van der Waals surface area contributed by atoms with Crippen LogP contribution in [0, 0.1) is 0 Å². The number of hydrogen-bond donors (Lipinski definition) is 1. The molecule has 0 bridgehead atoms. The van der Waals surface area contributed by atoms with Gasteiger partial charge < -0.3 is 10.5 Å². The summed E-state index contributed by atoms with van der Waals surface area (Å²) < 4.78 is 32.3. The van der Waals surface area contributed by atoms with Crippen LogP contribution in [-0.4, -0.2) is 22.6 Å². The van der Waals surface area contributed by atoms with Gasteiger partial charge in [0.2, 0.25) is 0 Å². The molecule has 21 heavy (non-hydrogen) atoms. The molecule has 2 aromatic rings. The molecule has 0 aromatic heterocycles. The Morgan fingerprint density at radius 2 is 1.90 bits per heavy atom. The minimum Gasteiger partial charge on any atom is -0.497 e. The third kappa shape index (κ3) is 3.14. The third-order valence-corrected chi connectivity index (χ3v) is 5.38. The van der Waals surface area contributed by atoms with E-state index in [1.54, 1.807) is 36.4 Å². The van der Waals surface area contributed by atoms with Crippen molar-refractivity contribution in [2.45, 2.75) is 4.90 Å².